The maximum absolute atomic E-state index is 12.5. The van der Waals surface area contributed by atoms with Crippen molar-refractivity contribution in [1.29, 1.82) is 0 Å². The molecule has 0 aliphatic carbocycles. The second-order valence-corrected chi connectivity index (χ2v) is 6.95. The first kappa shape index (κ1) is 14.2. The average molecular weight is 293 g/mol. The fourth-order valence-corrected chi connectivity index (χ4v) is 3.55. The largest absolute Gasteiger partial charge is 0.416 e. The van der Waals surface area contributed by atoms with Gasteiger partial charge in [-0.2, -0.15) is 13.2 Å². The smallest absolute Gasteiger partial charge is 0.382 e. The van der Waals surface area contributed by atoms with Crippen LogP contribution in [0.25, 0.3) is 0 Å². The number of hydrogen-bond acceptors (Lipinski definition) is 3. The third-order valence-corrected chi connectivity index (χ3v) is 4.83. The van der Waals surface area contributed by atoms with E-state index in [-0.39, 0.29) is 17.5 Å². The van der Waals surface area contributed by atoms with E-state index in [1.807, 2.05) is 0 Å². The van der Waals surface area contributed by atoms with Crippen molar-refractivity contribution in [1.82, 2.24) is 0 Å². The van der Waals surface area contributed by atoms with Gasteiger partial charge < -0.3 is 5.32 Å². The summed E-state index contributed by atoms with van der Waals surface area (Å²) < 4.78 is 60.1. The summed E-state index contributed by atoms with van der Waals surface area (Å²) in [6, 6.07) is 4.86. The predicted molar refractivity (Wildman–Crippen MR) is 66.7 cm³/mol. The molecule has 1 heterocycles. The maximum Gasteiger partial charge on any atom is 0.416 e. The van der Waals surface area contributed by atoms with Crippen LogP contribution in [0.2, 0.25) is 0 Å². The first-order valence-electron chi connectivity index (χ1n) is 5.90. The van der Waals surface area contributed by atoms with Crippen LogP contribution in [0, 0.1) is 0 Å². The van der Waals surface area contributed by atoms with Crippen molar-refractivity contribution in [3.05, 3.63) is 29.8 Å². The predicted octanol–water partition coefficient (Wildman–Crippen LogP) is 2.69. The van der Waals surface area contributed by atoms with Gasteiger partial charge >= 0.3 is 6.18 Å². The molecule has 0 bridgehead atoms. The number of sulfone groups is 1. The van der Waals surface area contributed by atoms with Gasteiger partial charge in [-0.15, -0.1) is 0 Å². The second-order valence-electron chi connectivity index (χ2n) is 4.65. The van der Waals surface area contributed by atoms with Gasteiger partial charge in [0.2, 0.25) is 0 Å². The highest BCUT2D eigenvalue weighted by Crippen LogP contribution is 2.31. The number of rotatable bonds is 2. The fourth-order valence-electron chi connectivity index (χ4n) is 2.06. The molecule has 1 aromatic rings. The Morgan fingerprint density at radius 3 is 2.37 bits per heavy atom. The summed E-state index contributed by atoms with van der Waals surface area (Å²) in [4.78, 5) is 0. The van der Waals surface area contributed by atoms with Gasteiger partial charge in [-0.25, -0.2) is 8.42 Å². The van der Waals surface area contributed by atoms with E-state index < -0.39 is 21.6 Å². The van der Waals surface area contributed by atoms with E-state index in [0.717, 1.165) is 12.1 Å². The van der Waals surface area contributed by atoms with Gasteiger partial charge in [0.1, 0.15) is 9.84 Å². The Hall–Kier alpha value is -1.24. The van der Waals surface area contributed by atoms with Crippen molar-refractivity contribution in [2.75, 3.05) is 16.8 Å². The molecule has 106 valence electrons. The molecule has 1 aromatic carbocycles. The number of benzene rings is 1. The van der Waals surface area contributed by atoms with Gasteiger partial charge in [0.15, 0.2) is 0 Å². The Morgan fingerprint density at radius 1 is 1.16 bits per heavy atom. The van der Waals surface area contributed by atoms with E-state index in [2.05, 4.69) is 5.32 Å². The molecule has 2 rings (SSSR count). The van der Waals surface area contributed by atoms with E-state index in [9.17, 15) is 21.6 Å². The fraction of sp³-hybridized carbons (Fsp3) is 0.500. The third-order valence-electron chi connectivity index (χ3n) is 3.12. The summed E-state index contributed by atoms with van der Waals surface area (Å²) in [5.41, 5.74) is -0.333. The molecular formula is C12H14F3NO2S. The van der Waals surface area contributed by atoms with Crippen LogP contribution in [-0.2, 0) is 16.0 Å². The zero-order valence-electron chi connectivity index (χ0n) is 10.1. The summed E-state index contributed by atoms with van der Waals surface area (Å²) in [7, 11) is -2.96. The summed E-state index contributed by atoms with van der Waals surface area (Å²) in [5, 5.41) is 2.97. The molecule has 1 N–H and O–H groups in total. The molecule has 7 heteroatoms. The molecule has 1 aliphatic rings. The lowest BCUT2D eigenvalue weighted by molar-refractivity contribution is -0.137. The van der Waals surface area contributed by atoms with E-state index in [1.54, 1.807) is 6.07 Å². The molecule has 3 nitrogen and oxygen atoms in total. The first-order valence-corrected chi connectivity index (χ1v) is 7.73. The van der Waals surface area contributed by atoms with Gasteiger partial charge in [-0.05, 0) is 31.0 Å². The van der Waals surface area contributed by atoms with Gasteiger partial charge in [0.25, 0.3) is 0 Å². The zero-order chi connectivity index (χ0) is 14.1. The standard InChI is InChI=1S/C12H14F3NO2S/c13-12(14,15)9-2-1-3-11(8-9)16-10-4-6-19(17,18)7-5-10/h1-3,8,10,16H,4-7H2. The Labute approximate surface area is 109 Å². The van der Waals surface area contributed by atoms with Crippen LogP contribution in [0.4, 0.5) is 18.9 Å². The molecule has 0 spiro atoms. The van der Waals surface area contributed by atoms with Gasteiger partial charge in [0.05, 0.1) is 17.1 Å². The molecule has 1 fully saturated rings. The van der Waals surface area contributed by atoms with Crippen molar-refractivity contribution in [3.63, 3.8) is 0 Å². The SMILES string of the molecule is O=S1(=O)CCC(Nc2cccc(C(F)(F)F)c2)CC1. The Balaban J connectivity index is 2.04. The van der Waals surface area contributed by atoms with E-state index >= 15 is 0 Å². The topological polar surface area (TPSA) is 46.2 Å². The highest BCUT2D eigenvalue weighted by molar-refractivity contribution is 7.91. The van der Waals surface area contributed by atoms with E-state index in [0.29, 0.717) is 18.5 Å². The summed E-state index contributed by atoms with van der Waals surface area (Å²) >= 11 is 0. The highest BCUT2D eigenvalue weighted by Gasteiger charge is 2.30. The van der Waals surface area contributed by atoms with Crippen LogP contribution in [0.5, 0.6) is 0 Å². The second kappa shape index (κ2) is 5.03. The number of halogens is 3. The van der Waals surface area contributed by atoms with Crippen molar-refractivity contribution in [2.45, 2.75) is 25.1 Å². The van der Waals surface area contributed by atoms with Gasteiger partial charge in [-0.1, -0.05) is 6.07 Å². The third kappa shape index (κ3) is 3.86. The molecule has 0 saturated carbocycles. The van der Waals surface area contributed by atoms with E-state index in [4.69, 9.17) is 0 Å². The van der Waals surface area contributed by atoms with Crippen LogP contribution in [0.15, 0.2) is 24.3 Å². The average Bonchev–Trinajstić information content (AvgIpc) is 2.31. The molecule has 0 radical (unpaired) electrons. The monoisotopic (exact) mass is 293 g/mol. The minimum atomic E-state index is -4.37. The van der Waals surface area contributed by atoms with Crippen molar-refractivity contribution >= 4 is 15.5 Å². The minimum Gasteiger partial charge on any atom is -0.382 e. The lowest BCUT2D eigenvalue weighted by Crippen LogP contribution is -2.32. The summed E-state index contributed by atoms with van der Waals surface area (Å²) in [6.07, 6.45) is -3.51. The van der Waals surface area contributed by atoms with Crippen molar-refractivity contribution in [2.24, 2.45) is 0 Å². The quantitative estimate of drug-likeness (QED) is 0.912. The molecule has 0 amide bonds. The molecule has 1 aliphatic heterocycles. The number of nitrogens with one attached hydrogen (secondary N) is 1. The van der Waals surface area contributed by atoms with Crippen LogP contribution in [-0.4, -0.2) is 26.0 Å². The molecule has 0 unspecified atom stereocenters. The lowest BCUT2D eigenvalue weighted by Gasteiger charge is -2.24. The van der Waals surface area contributed by atoms with E-state index in [1.165, 1.54) is 6.07 Å². The Morgan fingerprint density at radius 2 is 1.79 bits per heavy atom. The number of hydrogen-bond donors (Lipinski definition) is 1. The van der Waals surface area contributed by atoms with Gasteiger partial charge in [-0.3, -0.25) is 0 Å². The van der Waals surface area contributed by atoms with Crippen LogP contribution < -0.4 is 5.32 Å². The molecule has 1 saturated heterocycles. The number of anilines is 1. The van der Waals surface area contributed by atoms with Crippen LogP contribution >= 0.6 is 0 Å². The van der Waals surface area contributed by atoms with Gasteiger partial charge in [0, 0.05) is 11.7 Å². The molecule has 0 aromatic heterocycles. The van der Waals surface area contributed by atoms with Crippen LogP contribution in [0.3, 0.4) is 0 Å². The first-order chi connectivity index (χ1) is 8.76. The summed E-state index contributed by atoms with van der Waals surface area (Å²) in [6.45, 7) is 0. The van der Waals surface area contributed by atoms with Crippen molar-refractivity contribution < 1.29 is 21.6 Å². The van der Waals surface area contributed by atoms with Crippen LogP contribution in [0.1, 0.15) is 18.4 Å². The van der Waals surface area contributed by atoms with Crippen molar-refractivity contribution in [3.8, 4) is 0 Å². The minimum absolute atomic E-state index is 0.0869. The lowest BCUT2D eigenvalue weighted by atomic mass is 10.1. The normalized spacial score (nSPS) is 20.2. The molecular weight excluding hydrogens is 279 g/mol. The summed E-state index contributed by atoms with van der Waals surface area (Å²) in [5.74, 6) is 0.174. The Bertz CT molecular complexity index is 540. The molecule has 0 atom stereocenters. The zero-order valence-corrected chi connectivity index (χ0v) is 10.9. The highest BCUT2D eigenvalue weighted by atomic mass is 32.2. The Kier molecular flexibility index (Phi) is 3.75. The maximum atomic E-state index is 12.5. The molecule has 19 heavy (non-hydrogen) atoms. The number of alkyl halides is 3.